The highest BCUT2D eigenvalue weighted by Gasteiger charge is 2.42. The molecule has 5 nitrogen and oxygen atoms in total. The van der Waals surface area contributed by atoms with Gasteiger partial charge in [-0.1, -0.05) is 19.1 Å². The van der Waals surface area contributed by atoms with E-state index in [1.54, 1.807) is 19.1 Å². The van der Waals surface area contributed by atoms with Crippen molar-refractivity contribution >= 4 is 5.91 Å². The summed E-state index contributed by atoms with van der Waals surface area (Å²) in [6.07, 6.45) is 1.00. The molecule has 3 unspecified atom stereocenters. The Balaban J connectivity index is 1.32. The number of hydrogen-bond acceptors (Lipinski definition) is 3. The minimum atomic E-state index is -0.173. The molecule has 2 aliphatic rings. The van der Waals surface area contributed by atoms with Crippen molar-refractivity contribution in [1.29, 1.82) is 0 Å². The number of nitrogens with zero attached hydrogens (tertiary/aromatic N) is 2. The molecule has 1 aromatic carbocycles. The van der Waals surface area contributed by atoms with E-state index >= 15 is 0 Å². The first-order valence-corrected chi connectivity index (χ1v) is 10.8. The lowest BCUT2D eigenvalue weighted by atomic mass is 9.97. The fourth-order valence-electron chi connectivity index (χ4n) is 5.13. The molecule has 6 heteroatoms. The van der Waals surface area contributed by atoms with E-state index in [9.17, 15) is 14.0 Å². The number of benzene rings is 1. The van der Waals surface area contributed by atoms with Gasteiger partial charge in [-0.15, -0.1) is 0 Å². The van der Waals surface area contributed by atoms with Crippen LogP contribution in [0.1, 0.15) is 46.4 Å². The predicted octanol–water partition coefficient (Wildman–Crippen LogP) is 3.33. The fourth-order valence-corrected chi connectivity index (χ4v) is 5.13. The van der Waals surface area contributed by atoms with Gasteiger partial charge in [-0.05, 0) is 67.8 Å². The van der Waals surface area contributed by atoms with Crippen LogP contribution in [0.15, 0.2) is 35.1 Å². The van der Waals surface area contributed by atoms with Crippen LogP contribution in [0.5, 0.6) is 0 Å². The summed E-state index contributed by atoms with van der Waals surface area (Å²) in [4.78, 5) is 31.9. The number of fused-ring (bicyclic) bond motifs is 1. The summed E-state index contributed by atoms with van der Waals surface area (Å²) in [6.45, 7) is 10.3. The zero-order valence-electron chi connectivity index (χ0n) is 18.0. The summed E-state index contributed by atoms with van der Waals surface area (Å²) in [7, 11) is 0. The van der Waals surface area contributed by atoms with E-state index in [1.807, 2.05) is 17.9 Å². The highest BCUT2D eigenvalue weighted by Crippen LogP contribution is 2.33. The highest BCUT2D eigenvalue weighted by molar-refractivity contribution is 5.96. The third kappa shape index (κ3) is 4.19. The second-order valence-corrected chi connectivity index (χ2v) is 9.05. The van der Waals surface area contributed by atoms with Crippen molar-refractivity contribution in [2.24, 2.45) is 11.8 Å². The number of carbonyl (C=O) groups excluding carboxylic acids is 1. The lowest BCUT2D eigenvalue weighted by Crippen LogP contribution is -2.35. The normalized spacial score (nSPS) is 22.3. The van der Waals surface area contributed by atoms with E-state index < -0.39 is 0 Å². The molecule has 0 spiro atoms. The lowest BCUT2D eigenvalue weighted by molar-refractivity contribution is 0.0772. The Labute approximate surface area is 176 Å². The maximum absolute atomic E-state index is 13.5. The Morgan fingerprint density at radius 2 is 1.87 bits per heavy atom. The van der Waals surface area contributed by atoms with E-state index in [4.69, 9.17) is 0 Å². The third-order valence-corrected chi connectivity index (χ3v) is 6.79. The van der Waals surface area contributed by atoms with Gasteiger partial charge in [-0.3, -0.25) is 9.59 Å². The Kier molecular flexibility index (Phi) is 5.78. The number of H-pyrrole nitrogens is 1. The summed E-state index contributed by atoms with van der Waals surface area (Å²) in [5, 5.41) is 0. The first-order valence-electron chi connectivity index (χ1n) is 10.8. The topological polar surface area (TPSA) is 56.4 Å². The Morgan fingerprint density at radius 1 is 1.17 bits per heavy atom. The van der Waals surface area contributed by atoms with Crippen molar-refractivity contribution in [3.05, 3.63) is 68.9 Å². The molecule has 3 atom stereocenters. The number of likely N-dealkylation sites (tertiary alicyclic amines) is 2. The monoisotopic (exact) mass is 411 g/mol. The molecular formula is C24H30FN3O2. The van der Waals surface area contributed by atoms with Crippen LogP contribution in [0.4, 0.5) is 4.39 Å². The first-order chi connectivity index (χ1) is 14.3. The number of halogens is 1. The molecule has 3 heterocycles. The molecule has 0 radical (unpaired) electrons. The number of nitrogens with one attached hydrogen (secondary N) is 1. The maximum atomic E-state index is 13.5. The summed E-state index contributed by atoms with van der Waals surface area (Å²) in [5.41, 5.74) is 2.91. The molecular weight excluding hydrogens is 381 g/mol. The summed E-state index contributed by atoms with van der Waals surface area (Å²) < 4.78 is 13.5. The smallest absolute Gasteiger partial charge is 0.255 e. The van der Waals surface area contributed by atoms with Crippen molar-refractivity contribution < 1.29 is 9.18 Å². The first kappa shape index (κ1) is 20.8. The minimum absolute atomic E-state index is 0.0296. The van der Waals surface area contributed by atoms with E-state index in [0.717, 1.165) is 50.3 Å². The number of carbonyl (C=O) groups is 1. The average molecular weight is 412 g/mol. The van der Waals surface area contributed by atoms with E-state index in [-0.39, 0.29) is 17.3 Å². The molecule has 1 aromatic heterocycles. The number of aryl methyl sites for hydroxylation is 2. The predicted molar refractivity (Wildman–Crippen MR) is 115 cm³/mol. The molecule has 2 aromatic rings. The number of pyridine rings is 1. The number of aromatic nitrogens is 1. The molecule has 1 N–H and O–H groups in total. The SMILES string of the molecule is Cc1cc(=O)[nH]c(C)c1C(=O)N1CC2CN(CCC(C)c3cccc(F)c3)CC2C1. The summed E-state index contributed by atoms with van der Waals surface area (Å²) >= 11 is 0. The molecule has 0 bridgehead atoms. The molecule has 0 aliphatic carbocycles. The van der Waals surface area contributed by atoms with Crippen LogP contribution in [-0.2, 0) is 0 Å². The molecule has 2 saturated heterocycles. The summed E-state index contributed by atoms with van der Waals surface area (Å²) in [5.74, 6) is 1.18. The Hall–Kier alpha value is -2.47. The minimum Gasteiger partial charge on any atom is -0.338 e. The Morgan fingerprint density at radius 3 is 2.50 bits per heavy atom. The third-order valence-electron chi connectivity index (χ3n) is 6.79. The van der Waals surface area contributed by atoms with Gasteiger partial charge in [0.25, 0.3) is 5.91 Å². The number of aromatic amines is 1. The molecule has 4 rings (SSSR count). The van der Waals surface area contributed by atoms with Gasteiger partial charge >= 0.3 is 0 Å². The van der Waals surface area contributed by atoms with Gasteiger partial charge in [0.15, 0.2) is 0 Å². The molecule has 1 amide bonds. The van der Waals surface area contributed by atoms with Gasteiger partial charge in [-0.25, -0.2) is 4.39 Å². The Bertz CT molecular complexity index is 962. The van der Waals surface area contributed by atoms with Gasteiger partial charge in [-0.2, -0.15) is 0 Å². The second-order valence-electron chi connectivity index (χ2n) is 9.05. The number of amides is 1. The van der Waals surface area contributed by atoms with Crippen LogP contribution in [0.2, 0.25) is 0 Å². The van der Waals surface area contributed by atoms with Crippen molar-refractivity contribution in [2.75, 3.05) is 32.7 Å². The molecule has 160 valence electrons. The van der Waals surface area contributed by atoms with E-state index in [1.165, 1.54) is 12.1 Å². The largest absolute Gasteiger partial charge is 0.338 e. The maximum Gasteiger partial charge on any atom is 0.255 e. The molecule has 2 aliphatic heterocycles. The molecule has 0 saturated carbocycles. The standard InChI is InChI=1S/C24H30FN3O2/c1-15(18-5-4-6-21(25)10-18)7-8-27-11-19-13-28(14-20(19)12-27)24(30)23-16(2)9-22(29)26-17(23)3/h4-6,9-10,15,19-20H,7-8,11-14H2,1-3H3,(H,26,29). The highest BCUT2D eigenvalue weighted by atomic mass is 19.1. The van der Waals surface area contributed by atoms with Gasteiger partial charge in [0.05, 0.1) is 5.56 Å². The van der Waals surface area contributed by atoms with Gasteiger partial charge in [0.2, 0.25) is 5.56 Å². The summed E-state index contributed by atoms with van der Waals surface area (Å²) in [6, 6.07) is 8.39. The zero-order valence-corrected chi connectivity index (χ0v) is 18.0. The second kappa shape index (κ2) is 8.34. The van der Waals surface area contributed by atoms with E-state index in [0.29, 0.717) is 29.0 Å². The molecule has 2 fully saturated rings. The molecule has 30 heavy (non-hydrogen) atoms. The van der Waals surface area contributed by atoms with Crippen LogP contribution >= 0.6 is 0 Å². The van der Waals surface area contributed by atoms with Crippen LogP contribution in [0.3, 0.4) is 0 Å². The van der Waals surface area contributed by atoms with E-state index in [2.05, 4.69) is 16.8 Å². The van der Waals surface area contributed by atoms with Crippen LogP contribution in [-0.4, -0.2) is 53.4 Å². The zero-order chi connectivity index (χ0) is 21.4. The average Bonchev–Trinajstić information content (AvgIpc) is 3.24. The van der Waals surface area contributed by atoms with Crippen LogP contribution in [0.25, 0.3) is 0 Å². The van der Waals surface area contributed by atoms with Crippen LogP contribution < -0.4 is 5.56 Å². The quantitative estimate of drug-likeness (QED) is 0.821. The van der Waals surface area contributed by atoms with Crippen molar-refractivity contribution in [1.82, 2.24) is 14.8 Å². The lowest BCUT2D eigenvalue weighted by Gasteiger charge is -2.23. The van der Waals surface area contributed by atoms with Crippen LogP contribution in [0, 0.1) is 31.5 Å². The van der Waals surface area contributed by atoms with Gasteiger partial charge in [0.1, 0.15) is 5.82 Å². The van der Waals surface area contributed by atoms with Crippen molar-refractivity contribution in [3.8, 4) is 0 Å². The van der Waals surface area contributed by atoms with Crippen molar-refractivity contribution in [2.45, 2.75) is 33.1 Å². The fraction of sp³-hybridized carbons (Fsp3) is 0.500. The number of hydrogen-bond donors (Lipinski definition) is 1. The van der Waals surface area contributed by atoms with Gasteiger partial charge < -0.3 is 14.8 Å². The van der Waals surface area contributed by atoms with Crippen molar-refractivity contribution in [3.63, 3.8) is 0 Å². The number of rotatable bonds is 5. The van der Waals surface area contributed by atoms with Gasteiger partial charge in [0, 0.05) is 37.9 Å².